The van der Waals surface area contributed by atoms with Crippen LogP contribution >= 0.6 is 12.2 Å². The topological polar surface area (TPSA) is 121 Å². The molecule has 0 saturated heterocycles. The SMILES string of the molecule is COc1cc(C2CC(c3c(O)n(C)c(=S)[nH]c3=O)=NN2)cc(OC)c1O. The van der Waals surface area contributed by atoms with Gasteiger partial charge in [0.15, 0.2) is 16.3 Å². The third-order valence-corrected chi connectivity index (χ3v) is 4.62. The van der Waals surface area contributed by atoms with Crippen LogP contribution in [-0.4, -0.2) is 39.7 Å². The minimum atomic E-state index is -0.507. The molecule has 26 heavy (non-hydrogen) atoms. The Labute approximate surface area is 153 Å². The number of nitrogens with zero attached hydrogens (tertiary/aromatic N) is 2. The molecule has 0 spiro atoms. The van der Waals surface area contributed by atoms with Crippen molar-refractivity contribution < 1.29 is 19.7 Å². The first-order chi connectivity index (χ1) is 12.4. The molecule has 1 aromatic heterocycles. The molecule has 1 aliphatic rings. The van der Waals surface area contributed by atoms with Gasteiger partial charge in [-0.05, 0) is 29.9 Å². The van der Waals surface area contributed by atoms with E-state index in [1.165, 1.54) is 18.8 Å². The fourth-order valence-corrected chi connectivity index (χ4v) is 2.95. The lowest BCUT2D eigenvalue weighted by Crippen LogP contribution is -2.21. The van der Waals surface area contributed by atoms with E-state index in [4.69, 9.17) is 21.7 Å². The van der Waals surface area contributed by atoms with Crippen LogP contribution in [-0.2, 0) is 7.05 Å². The molecule has 0 bridgehead atoms. The third-order valence-electron chi connectivity index (χ3n) is 4.24. The van der Waals surface area contributed by atoms with E-state index in [-0.39, 0.29) is 39.5 Å². The maximum absolute atomic E-state index is 12.2. The Balaban J connectivity index is 1.96. The molecular weight excluding hydrogens is 360 g/mol. The molecule has 1 aliphatic heterocycles. The highest BCUT2D eigenvalue weighted by Gasteiger charge is 2.27. The van der Waals surface area contributed by atoms with Crippen LogP contribution in [0.1, 0.15) is 23.6 Å². The van der Waals surface area contributed by atoms with Gasteiger partial charge in [-0.2, -0.15) is 5.10 Å². The first-order valence-electron chi connectivity index (χ1n) is 7.67. The van der Waals surface area contributed by atoms with Gasteiger partial charge < -0.3 is 25.1 Å². The second-order valence-corrected chi connectivity index (χ2v) is 6.12. The van der Waals surface area contributed by atoms with Gasteiger partial charge in [-0.3, -0.25) is 14.3 Å². The van der Waals surface area contributed by atoms with E-state index < -0.39 is 5.56 Å². The third kappa shape index (κ3) is 2.88. The molecule has 0 fully saturated rings. The Bertz CT molecular complexity index is 986. The van der Waals surface area contributed by atoms with Crippen molar-refractivity contribution in [1.82, 2.24) is 15.0 Å². The van der Waals surface area contributed by atoms with Crippen molar-refractivity contribution in [2.75, 3.05) is 14.2 Å². The summed E-state index contributed by atoms with van der Waals surface area (Å²) in [5.74, 6) is 0.176. The minimum absolute atomic E-state index is 0.0637. The summed E-state index contributed by atoms with van der Waals surface area (Å²) in [4.78, 5) is 14.7. The van der Waals surface area contributed by atoms with Crippen LogP contribution in [0.15, 0.2) is 22.0 Å². The fraction of sp³-hybridized carbons (Fsp3) is 0.312. The largest absolute Gasteiger partial charge is 0.502 e. The second-order valence-electron chi connectivity index (χ2n) is 5.74. The minimum Gasteiger partial charge on any atom is -0.502 e. The van der Waals surface area contributed by atoms with Crippen LogP contribution in [0, 0.1) is 4.77 Å². The number of benzene rings is 1. The van der Waals surface area contributed by atoms with E-state index in [9.17, 15) is 15.0 Å². The van der Waals surface area contributed by atoms with E-state index in [0.29, 0.717) is 12.1 Å². The molecule has 2 heterocycles. The Morgan fingerprint density at radius 3 is 2.46 bits per heavy atom. The van der Waals surface area contributed by atoms with Gasteiger partial charge in [-0.1, -0.05) is 0 Å². The number of phenolic OH excluding ortho intramolecular Hbond substituents is 1. The van der Waals surface area contributed by atoms with E-state index in [1.54, 1.807) is 19.2 Å². The zero-order valence-corrected chi connectivity index (χ0v) is 15.2. The fourth-order valence-electron chi connectivity index (χ4n) is 2.77. The van der Waals surface area contributed by atoms with Crippen molar-refractivity contribution in [2.45, 2.75) is 12.5 Å². The van der Waals surface area contributed by atoms with Crippen LogP contribution in [0.3, 0.4) is 0 Å². The molecule has 138 valence electrons. The molecule has 0 saturated carbocycles. The van der Waals surface area contributed by atoms with Crippen molar-refractivity contribution in [3.63, 3.8) is 0 Å². The summed E-state index contributed by atoms with van der Waals surface area (Å²) < 4.78 is 11.7. The number of ether oxygens (including phenoxy) is 2. The van der Waals surface area contributed by atoms with Crippen LogP contribution in [0.2, 0.25) is 0 Å². The number of aromatic hydroxyl groups is 2. The summed E-state index contributed by atoms with van der Waals surface area (Å²) >= 11 is 4.97. The summed E-state index contributed by atoms with van der Waals surface area (Å²) in [6, 6.07) is 3.02. The van der Waals surface area contributed by atoms with Gasteiger partial charge in [0, 0.05) is 13.5 Å². The molecule has 0 radical (unpaired) electrons. The molecule has 0 amide bonds. The Morgan fingerprint density at radius 1 is 1.27 bits per heavy atom. The van der Waals surface area contributed by atoms with Crippen molar-refractivity contribution >= 4 is 17.9 Å². The lowest BCUT2D eigenvalue weighted by atomic mass is 9.99. The highest BCUT2D eigenvalue weighted by Crippen LogP contribution is 2.40. The summed E-state index contributed by atoms with van der Waals surface area (Å²) in [7, 11) is 4.43. The van der Waals surface area contributed by atoms with Crippen LogP contribution < -0.4 is 20.5 Å². The van der Waals surface area contributed by atoms with Gasteiger partial charge in [-0.25, -0.2) is 0 Å². The van der Waals surface area contributed by atoms with E-state index in [1.807, 2.05) is 0 Å². The number of nitrogens with one attached hydrogen (secondary N) is 2. The predicted octanol–water partition coefficient (Wildman–Crippen LogP) is 1.31. The number of hydrazone groups is 1. The number of aromatic amines is 1. The van der Waals surface area contributed by atoms with Gasteiger partial charge in [-0.15, -0.1) is 0 Å². The molecule has 4 N–H and O–H groups in total. The molecule has 1 aromatic carbocycles. The Kier molecular flexibility index (Phi) is 4.60. The highest BCUT2D eigenvalue weighted by molar-refractivity contribution is 7.71. The number of rotatable bonds is 4. The zero-order chi connectivity index (χ0) is 19.0. The first kappa shape index (κ1) is 17.8. The standard InChI is InChI=1S/C16H18N4O5S/c1-20-15(23)12(14(22)17-16(20)26)9-6-8(18-19-9)7-4-10(24-2)13(21)11(5-7)25-3/h4-5,8,18,21,23H,6H2,1-3H3,(H,17,22,26). The number of hydrogen-bond acceptors (Lipinski definition) is 8. The van der Waals surface area contributed by atoms with E-state index in [2.05, 4.69) is 15.5 Å². The molecule has 0 aliphatic carbocycles. The van der Waals surface area contributed by atoms with Crippen molar-refractivity contribution in [3.05, 3.63) is 38.4 Å². The number of methoxy groups -OCH3 is 2. The number of H-pyrrole nitrogens is 1. The highest BCUT2D eigenvalue weighted by atomic mass is 32.1. The van der Waals surface area contributed by atoms with Gasteiger partial charge in [0.25, 0.3) is 5.56 Å². The second kappa shape index (κ2) is 6.71. The van der Waals surface area contributed by atoms with Crippen molar-refractivity contribution in [1.29, 1.82) is 0 Å². The smallest absolute Gasteiger partial charge is 0.264 e. The summed E-state index contributed by atoms with van der Waals surface area (Å²) in [5.41, 5.74) is 3.62. The first-order valence-corrected chi connectivity index (χ1v) is 8.07. The monoisotopic (exact) mass is 378 g/mol. The number of phenols is 1. The zero-order valence-electron chi connectivity index (χ0n) is 14.4. The molecule has 10 heteroatoms. The molecule has 2 aromatic rings. The molecule has 9 nitrogen and oxygen atoms in total. The quantitative estimate of drug-likeness (QED) is 0.592. The number of aromatic nitrogens is 2. The van der Waals surface area contributed by atoms with Crippen LogP contribution in [0.5, 0.6) is 23.1 Å². The van der Waals surface area contributed by atoms with E-state index >= 15 is 0 Å². The predicted molar refractivity (Wildman–Crippen MR) is 96.8 cm³/mol. The lowest BCUT2D eigenvalue weighted by Gasteiger charge is -2.15. The molecule has 1 unspecified atom stereocenters. The van der Waals surface area contributed by atoms with Crippen molar-refractivity contribution in [3.8, 4) is 23.1 Å². The van der Waals surface area contributed by atoms with Gasteiger partial charge in [0.2, 0.25) is 11.6 Å². The van der Waals surface area contributed by atoms with Crippen LogP contribution in [0.4, 0.5) is 0 Å². The average Bonchev–Trinajstić information content (AvgIpc) is 3.09. The van der Waals surface area contributed by atoms with Gasteiger partial charge in [0.05, 0.1) is 26.0 Å². The maximum Gasteiger partial charge on any atom is 0.264 e. The lowest BCUT2D eigenvalue weighted by molar-refractivity contribution is 0.338. The molecule has 1 atom stereocenters. The normalized spacial score (nSPS) is 16.1. The average molecular weight is 378 g/mol. The molecule has 3 rings (SSSR count). The summed E-state index contributed by atoms with van der Waals surface area (Å²) in [5, 5.41) is 24.5. The summed E-state index contributed by atoms with van der Waals surface area (Å²) in [6.45, 7) is 0. The molecular formula is C16H18N4O5S. The summed E-state index contributed by atoms with van der Waals surface area (Å²) in [6.07, 6.45) is 0.338. The Hall–Kier alpha value is -3.01. The van der Waals surface area contributed by atoms with Crippen LogP contribution in [0.25, 0.3) is 0 Å². The van der Waals surface area contributed by atoms with Gasteiger partial charge >= 0.3 is 0 Å². The maximum atomic E-state index is 12.2. The van der Waals surface area contributed by atoms with E-state index in [0.717, 1.165) is 5.56 Å². The Morgan fingerprint density at radius 2 is 1.88 bits per heavy atom. The number of hydrogen-bond donors (Lipinski definition) is 4. The van der Waals surface area contributed by atoms with Crippen molar-refractivity contribution in [2.24, 2.45) is 12.1 Å². The van der Waals surface area contributed by atoms with Gasteiger partial charge in [0.1, 0.15) is 5.56 Å².